The van der Waals surface area contributed by atoms with Gasteiger partial charge in [-0.15, -0.1) is 11.6 Å². The van der Waals surface area contributed by atoms with Crippen LogP contribution in [0.5, 0.6) is 5.75 Å². The van der Waals surface area contributed by atoms with Crippen LogP contribution in [0, 0.1) is 5.82 Å². The zero-order valence-corrected chi connectivity index (χ0v) is 14.6. The first kappa shape index (κ1) is 17.4. The first-order valence-electron chi connectivity index (χ1n) is 6.64. The minimum atomic E-state index is -1.78. The third kappa shape index (κ3) is 4.72. The lowest BCUT2D eigenvalue weighted by atomic mass is 10.2. The lowest BCUT2D eigenvalue weighted by Crippen LogP contribution is -2.41. The van der Waals surface area contributed by atoms with Crippen LogP contribution in [0.3, 0.4) is 0 Å². The Balaban J connectivity index is 2.46. The second-order valence-corrected chi connectivity index (χ2v) is 11.3. The van der Waals surface area contributed by atoms with Crippen molar-refractivity contribution in [1.29, 1.82) is 0 Å². The number of nitrogens with zero attached hydrogens (tertiary/aromatic N) is 1. The van der Waals surface area contributed by atoms with Gasteiger partial charge in [-0.05, 0) is 18.1 Å². The van der Waals surface area contributed by atoms with Crippen molar-refractivity contribution in [3.8, 4) is 5.75 Å². The number of rotatable bonds is 6. The van der Waals surface area contributed by atoms with Crippen molar-refractivity contribution in [2.24, 2.45) is 0 Å². The van der Waals surface area contributed by atoms with E-state index in [4.69, 9.17) is 20.8 Å². The Morgan fingerprint density at radius 2 is 1.95 bits per heavy atom. The monoisotopic (exact) mass is 319 g/mol. The molecule has 0 saturated heterocycles. The number of halogens is 2. The highest BCUT2D eigenvalue weighted by molar-refractivity contribution is 6.74. The molecule has 0 atom stereocenters. The Morgan fingerprint density at radius 1 is 1.30 bits per heavy atom. The summed E-state index contributed by atoms with van der Waals surface area (Å²) in [6.07, 6.45) is 1.36. The quantitative estimate of drug-likeness (QED) is 0.443. The van der Waals surface area contributed by atoms with Gasteiger partial charge in [0.25, 0.3) is 0 Å². The second kappa shape index (κ2) is 6.87. The molecular weight excluding hydrogens is 297 g/mol. The molecule has 0 N–H and O–H groups in total. The average Bonchev–Trinajstić information content (AvgIpc) is 2.34. The van der Waals surface area contributed by atoms with Gasteiger partial charge in [0.05, 0.1) is 24.4 Å². The van der Waals surface area contributed by atoms with E-state index in [1.165, 1.54) is 12.3 Å². The summed E-state index contributed by atoms with van der Waals surface area (Å²) in [5.74, 6) is -0.119. The Labute approximate surface area is 126 Å². The molecule has 0 spiro atoms. The molecule has 0 saturated carbocycles. The van der Waals surface area contributed by atoms with Gasteiger partial charge < -0.3 is 9.16 Å². The molecule has 1 aromatic heterocycles. The molecule has 1 rings (SSSR count). The Kier molecular flexibility index (Phi) is 5.98. The summed E-state index contributed by atoms with van der Waals surface area (Å²) in [7, 11) is -1.78. The predicted molar refractivity (Wildman–Crippen MR) is 82.4 cm³/mol. The van der Waals surface area contributed by atoms with E-state index in [2.05, 4.69) is 38.8 Å². The summed E-state index contributed by atoms with van der Waals surface area (Å²) in [4.78, 5) is 4.00. The molecule has 6 heteroatoms. The highest BCUT2D eigenvalue weighted by Gasteiger charge is 2.36. The van der Waals surface area contributed by atoms with Gasteiger partial charge >= 0.3 is 0 Å². The van der Waals surface area contributed by atoms with Crippen molar-refractivity contribution in [1.82, 2.24) is 4.98 Å². The standard InChI is InChI=1S/C14H23ClFNO2Si/c1-14(2,3)20(4,5)19-7-6-18-13-10-17-11(9-15)8-12(13)16/h8,10H,6-7,9H2,1-5H3. The van der Waals surface area contributed by atoms with E-state index in [1.807, 2.05) is 0 Å². The van der Waals surface area contributed by atoms with E-state index in [1.54, 1.807) is 0 Å². The predicted octanol–water partition coefficient (Wildman–Crippen LogP) is 4.36. The zero-order chi connectivity index (χ0) is 15.4. The maximum Gasteiger partial charge on any atom is 0.192 e. The SMILES string of the molecule is CC(C)(C)[Si](C)(C)OCCOc1cnc(CCl)cc1F. The van der Waals surface area contributed by atoms with Gasteiger partial charge in [0, 0.05) is 6.07 Å². The van der Waals surface area contributed by atoms with Crippen LogP contribution in [0.25, 0.3) is 0 Å². The normalized spacial score (nSPS) is 12.6. The lowest BCUT2D eigenvalue weighted by molar-refractivity contribution is 0.198. The van der Waals surface area contributed by atoms with Crippen LogP contribution < -0.4 is 4.74 Å². The summed E-state index contributed by atoms with van der Waals surface area (Å²) in [5, 5.41) is 0.155. The summed E-state index contributed by atoms with van der Waals surface area (Å²) in [6, 6.07) is 1.29. The number of hydrogen-bond acceptors (Lipinski definition) is 3. The van der Waals surface area contributed by atoms with Gasteiger partial charge in [-0.2, -0.15) is 0 Å². The smallest absolute Gasteiger partial charge is 0.192 e. The van der Waals surface area contributed by atoms with E-state index in [9.17, 15) is 4.39 Å². The lowest BCUT2D eigenvalue weighted by Gasteiger charge is -2.36. The molecule has 0 radical (unpaired) electrons. The third-order valence-electron chi connectivity index (χ3n) is 3.62. The second-order valence-electron chi connectivity index (χ2n) is 6.20. The van der Waals surface area contributed by atoms with E-state index in [0.717, 1.165) is 0 Å². The van der Waals surface area contributed by atoms with Crippen molar-refractivity contribution >= 4 is 19.9 Å². The fraction of sp³-hybridized carbons (Fsp3) is 0.643. The third-order valence-corrected chi connectivity index (χ3v) is 8.44. The molecule has 0 aliphatic heterocycles. The molecule has 114 valence electrons. The fourth-order valence-electron chi connectivity index (χ4n) is 1.30. The average molecular weight is 320 g/mol. The molecule has 1 aromatic rings. The number of alkyl halides is 1. The van der Waals surface area contributed by atoms with E-state index >= 15 is 0 Å². The van der Waals surface area contributed by atoms with Crippen molar-refractivity contribution in [2.75, 3.05) is 13.2 Å². The molecule has 20 heavy (non-hydrogen) atoms. The first-order chi connectivity index (χ1) is 9.17. The number of aromatic nitrogens is 1. The van der Waals surface area contributed by atoms with Crippen LogP contribution in [-0.2, 0) is 10.3 Å². The molecule has 3 nitrogen and oxygen atoms in total. The van der Waals surface area contributed by atoms with E-state index in [-0.39, 0.29) is 16.7 Å². The van der Waals surface area contributed by atoms with Crippen molar-refractivity contribution in [3.05, 3.63) is 23.8 Å². The van der Waals surface area contributed by atoms with Gasteiger partial charge in [0.2, 0.25) is 0 Å². The van der Waals surface area contributed by atoms with Crippen molar-refractivity contribution < 1.29 is 13.6 Å². The number of ether oxygens (including phenoxy) is 1. The minimum absolute atomic E-state index is 0.137. The van der Waals surface area contributed by atoms with Crippen LogP contribution >= 0.6 is 11.6 Å². The number of hydrogen-bond donors (Lipinski definition) is 0. The van der Waals surface area contributed by atoms with Crippen LogP contribution in [0.2, 0.25) is 18.1 Å². The molecule has 0 amide bonds. The Morgan fingerprint density at radius 3 is 2.45 bits per heavy atom. The van der Waals surface area contributed by atoms with Crippen LogP contribution in [0.1, 0.15) is 26.5 Å². The maximum atomic E-state index is 13.6. The van der Waals surface area contributed by atoms with E-state index in [0.29, 0.717) is 18.9 Å². The highest BCUT2D eigenvalue weighted by atomic mass is 35.5. The maximum absolute atomic E-state index is 13.6. The zero-order valence-electron chi connectivity index (χ0n) is 12.8. The Bertz CT molecular complexity index is 449. The summed E-state index contributed by atoms with van der Waals surface area (Å²) < 4.78 is 24.9. The minimum Gasteiger partial charge on any atom is -0.487 e. The van der Waals surface area contributed by atoms with Crippen LogP contribution in [0.4, 0.5) is 4.39 Å². The molecule has 0 unspecified atom stereocenters. The summed E-state index contributed by atoms with van der Waals surface area (Å²) >= 11 is 5.59. The molecule has 1 heterocycles. The van der Waals surface area contributed by atoms with Gasteiger partial charge in [-0.3, -0.25) is 4.98 Å². The topological polar surface area (TPSA) is 31.4 Å². The number of pyridine rings is 1. The Hall–Kier alpha value is -0.653. The van der Waals surface area contributed by atoms with Crippen molar-refractivity contribution in [3.63, 3.8) is 0 Å². The van der Waals surface area contributed by atoms with Gasteiger partial charge in [-0.25, -0.2) is 4.39 Å². The molecule has 0 bridgehead atoms. The molecular formula is C14H23ClFNO2Si. The fourth-order valence-corrected chi connectivity index (χ4v) is 2.47. The largest absolute Gasteiger partial charge is 0.487 e. The molecule has 0 aliphatic carbocycles. The van der Waals surface area contributed by atoms with Gasteiger partial charge in [0.1, 0.15) is 6.61 Å². The summed E-state index contributed by atoms with van der Waals surface area (Å²) in [5.41, 5.74) is 0.494. The van der Waals surface area contributed by atoms with Crippen LogP contribution in [0.15, 0.2) is 12.3 Å². The molecule has 0 aliphatic rings. The summed E-state index contributed by atoms with van der Waals surface area (Å²) in [6.45, 7) is 11.6. The van der Waals surface area contributed by atoms with Crippen LogP contribution in [-0.4, -0.2) is 26.5 Å². The van der Waals surface area contributed by atoms with E-state index < -0.39 is 14.1 Å². The highest BCUT2D eigenvalue weighted by Crippen LogP contribution is 2.36. The molecule has 0 aromatic carbocycles. The molecule has 0 fully saturated rings. The van der Waals surface area contributed by atoms with Crippen molar-refractivity contribution in [2.45, 2.75) is 44.8 Å². The van der Waals surface area contributed by atoms with Gasteiger partial charge in [0.15, 0.2) is 19.9 Å². The first-order valence-corrected chi connectivity index (χ1v) is 10.1. The van der Waals surface area contributed by atoms with Gasteiger partial charge in [-0.1, -0.05) is 20.8 Å².